The van der Waals surface area contributed by atoms with Gasteiger partial charge in [0.1, 0.15) is 5.75 Å². The molecule has 0 fully saturated rings. The van der Waals surface area contributed by atoms with Gasteiger partial charge in [-0.1, -0.05) is 0 Å². The second kappa shape index (κ2) is 6.73. The summed E-state index contributed by atoms with van der Waals surface area (Å²) in [6, 6.07) is 12.3. The van der Waals surface area contributed by atoms with Gasteiger partial charge in [-0.25, -0.2) is 4.98 Å². The second-order valence-electron chi connectivity index (χ2n) is 6.09. The first-order chi connectivity index (χ1) is 13.5. The molecule has 0 saturated carbocycles. The standard InChI is InChI=1S/C20H18N4O4/c1-26-13-6-4-11-8-14-18(21)23-24(19(14)22-15(11)10-13)20(25)12-5-7-16(27-2)17(9-12)28-3/h4-10H,1-3H3,(H2,21,23). The lowest BCUT2D eigenvalue weighted by atomic mass is 10.1. The van der Waals surface area contributed by atoms with Crippen molar-refractivity contribution in [3.8, 4) is 17.2 Å². The number of methoxy groups -OCH3 is 3. The predicted molar refractivity (Wildman–Crippen MR) is 105 cm³/mol. The first-order valence-electron chi connectivity index (χ1n) is 8.45. The van der Waals surface area contributed by atoms with Crippen LogP contribution in [0.5, 0.6) is 17.2 Å². The molecule has 8 heteroatoms. The average molecular weight is 378 g/mol. The predicted octanol–water partition coefficient (Wildman–Crippen LogP) is 2.88. The summed E-state index contributed by atoms with van der Waals surface area (Å²) in [6.07, 6.45) is 0. The lowest BCUT2D eigenvalue weighted by Gasteiger charge is -2.09. The van der Waals surface area contributed by atoms with E-state index in [0.717, 1.165) is 5.39 Å². The van der Waals surface area contributed by atoms with Crippen LogP contribution in [-0.4, -0.2) is 42.0 Å². The highest BCUT2D eigenvalue weighted by atomic mass is 16.5. The molecule has 0 aliphatic heterocycles. The number of nitrogens with two attached hydrogens (primary N) is 1. The summed E-state index contributed by atoms with van der Waals surface area (Å²) in [5, 5.41) is 5.69. The molecule has 2 aromatic carbocycles. The molecule has 0 aliphatic carbocycles. The van der Waals surface area contributed by atoms with Crippen molar-refractivity contribution in [1.82, 2.24) is 14.8 Å². The molecular formula is C20H18N4O4. The van der Waals surface area contributed by atoms with Gasteiger partial charge in [-0.05, 0) is 36.4 Å². The average Bonchev–Trinajstić information content (AvgIpc) is 3.06. The van der Waals surface area contributed by atoms with Crippen molar-refractivity contribution in [2.75, 3.05) is 27.1 Å². The molecule has 2 N–H and O–H groups in total. The highest BCUT2D eigenvalue weighted by Crippen LogP contribution is 2.30. The molecule has 0 amide bonds. The fraction of sp³-hybridized carbons (Fsp3) is 0.150. The van der Waals surface area contributed by atoms with E-state index in [4.69, 9.17) is 19.9 Å². The van der Waals surface area contributed by atoms with Crippen molar-refractivity contribution < 1.29 is 19.0 Å². The van der Waals surface area contributed by atoms with E-state index < -0.39 is 0 Å². The maximum absolute atomic E-state index is 13.1. The molecule has 142 valence electrons. The molecule has 2 aromatic heterocycles. The van der Waals surface area contributed by atoms with E-state index in [0.29, 0.717) is 39.4 Å². The SMILES string of the molecule is COc1ccc2cc3c(N)nn(C(=O)c4ccc(OC)c(OC)c4)c3nc2c1. The molecule has 2 heterocycles. The lowest BCUT2D eigenvalue weighted by molar-refractivity contribution is 0.0950. The summed E-state index contributed by atoms with van der Waals surface area (Å²) in [7, 11) is 4.63. The van der Waals surface area contributed by atoms with Gasteiger partial charge in [-0.15, -0.1) is 5.10 Å². The van der Waals surface area contributed by atoms with Crippen LogP contribution in [0.4, 0.5) is 5.82 Å². The van der Waals surface area contributed by atoms with Crippen LogP contribution in [0.1, 0.15) is 10.4 Å². The fourth-order valence-electron chi connectivity index (χ4n) is 3.06. The maximum atomic E-state index is 13.1. The quantitative estimate of drug-likeness (QED) is 0.582. The van der Waals surface area contributed by atoms with Crippen LogP contribution in [0.2, 0.25) is 0 Å². The number of anilines is 1. The Bertz CT molecular complexity index is 1220. The lowest BCUT2D eigenvalue weighted by Crippen LogP contribution is -2.14. The Morgan fingerprint density at radius 2 is 1.75 bits per heavy atom. The molecule has 0 bridgehead atoms. The van der Waals surface area contributed by atoms with Crippen molar-refractivity contribution in [3.05, 3.63) is 48.0 Å². The molecule has 4 aromatic rings. The third-order valence-corrected chi connectivity index (χ3v) is 4.51. The van der Waals surface area contributed by atoms with Gasteiger partial charge in [-0.2, -0.15) is 4.68 Å². The van der Waals surface area contributed by atoms with E-state index in [1.54, 1.807) is 31.4 Å². The highest BCUT2D eigenvalue weighted by molar-refractivity contribution is 6.05. The van der Waals surface area contributed by atoms with Crippen LogP contribution >= 0.6 is 0 Å². The van der Waals surface area contributed by atoms with E-state index in [1.807, 2.05) is 18.2 Å². The van der Waals surface area contributed by atoms with Crippen molar-refractivity contribution in [1.29, 1.82) is 0 Å². The maximum Gasteiger partial charge on any atom is 0.280 e. The Morgan fingerprint density at radius 1 is 0.964 bits per heavy atom. The van der Waals surface area contributed by atoms with E-state index >= 15 is 0 Å². The summed E-state index contributed by atoms with van der Waals surface area (Å²) in [4.78, 5) is 17.7. The van der Waals surface area contributed by atoms with Gasteiger partial charge in [0.15, 0.2) is 23.0 Å². The molecular weight excluding hydrogens is 360 g/mol. The van der Waals surface area contributed by atoms with Crippen LogP contribution in [0, 0.1) is 0 Å². The monoisotopic (exact) mass is 378 g/mol. The number of carbonyl (C=O) groups is 1. The molecule has 0 aliphatic rings. The minimum atomic E-state index is -0.377. The summed E-state index contributed by atoms with van der Waals surface area (Å²) in [5.74, 6) is 1.50. The van der Waals surface area contributed by atoms with Crippen LogP contribution in [-0.2, 0) is 0 Å². The summed E-state index contributed by atoms with van der Waals surface area (Å²) in [6.45, 7) is 0. The number of rotatable bonds is 4. The minimum absolute atomic E-state index is 0.231. The van der Waals surface area contributed by atoms with Crippen LogP contribution < -0.4 is 19.9 Å². The number of pyridine rings is 1. The summed E-state index contributed by atoms with van der Waals surface area (Å²) >= 11 is 0. The molecule has 0 atom stereocenters. The fourth-order valence-corrected chi connectivity index (χ4v) is 3.06. The Kier molecular flexibility index (Phi) is 4.23. The number of fused-ring (bicyclic) bond motifs is 2. The van der Waals surface area contributed by atoms with Gasteiger partial charge in [0.05, 0.1) is 32.2 Å². The highest BCUT2D eigenvalue weighted by Gasteiger charge is 2.19. The van der Waals surface area contributed by atoms with Crippen LogP contribution in [0.25, 0.3) is 21.9 Å². The van der Waals surface area contributed by atoms with Gasteiger partial charge in [-0.3, -0.25) is 4.79 Å². The molecule has 8 nitrogen and oxygen atoms in total. The third-order valence-electron chi connectivity index (χ3n) is 4.51. The van der Waals surface area contributed by atoms with Gasteiger partial charge in [0.25, 0.3) is 5.91 Å². The van der Waals surface area contributed by atoms with Crippen molar-refractivity contribution in [3.63, 3.8) is 0 Å². The zero-order valence-corrected chi connectivity index (χ0v) is 15.6. The number of carbonyl (C=O) groups excluding carboxylic acids is 1. The van der Waals surface area contributed by atoms with E-state index in [2.05, 4.69) is 10.1 Å². The molecule has 0 radical (unpaired) electrons. The number of aromatic nitrogens is 3. The van der Waals surface area contributed by atoms with Gasteiger partial charge in [0, 0.05) is 17.0 Å². The smallest absolute Gasteiger partial charge is 0.280 e. The number of nitrogens with zero attached hydrogens (tertiary/aromatic N) is 3. The van der Waals surface area contributed by atoms with E-state index in [1.165, 1.54) is 18.9 Å². The second-order valence-corrected chi connectivity index (χ2v) is 6.09. The summed E-state index contributed by atoms with van der Waals surface area (Å²) < 4.78 is 16.9. The van der Waals surface area contributed by atoms with Crippen molar-refractivity contribution in [2.24, 2.45) is 0 Å². The number of nitrogen functional groups attached to an aromatic ring is 1. The number of benzene rings is 2. The molecule has 0 unspecified atom stereocenters. The van der Waals surface area contributed by atoms with Gasteiger partial charge in [0.2, 0.25) is 0 Å². The molecule has 28 heavy (non-hydrogen) atoms. The first kappa shape index (κ1) is 17.6. The third kappa shape index (κ3) is 2.75. The van der Waals surface area contributed by atoms with Gasteiger partial charge >= 0.3 is 0 Å². The zero-order chi connectivity index (χ0) is 19.8. The minimum Gasteiger partial charge on any atom is -0.497 e. The van der Waals surface area contributed by atoms with Crippen molar-refractivity contribution >= 4 is 33.7 Å². The number of ether oxygens (including phenoxy) is 3. The van der Waals surface area contributed by atoms with Gasteiger partial charge < -0.3 is 19.9 Å². The Morgan fingerprint density at radius 3 is 2.46 bits per heavy atom. The summed E-state index contributed by atoms with van der Waals surface area (Å²) in [5.41, 5.74) is 7.47. The molecule has 0 saturated heterocycles. The van der Waals surface area contributed by atoms with Crippen LogP contribution in [0.15, 0.2) is 42.5 Å². The Hall–Kier alpha value is -3.81. The van der Waals surface area contributed by atoms with E-state index in [-0.39, 0.29) is 11.7 Å². The zero-order valence-electron chi connectivity index (χ0n) is 15.6. The van der Waals surface area contributed by atoms with E-state index in [9.17, 15) is 4.79 Å². The molecule has 0 spiro atoms. The number of hydrogen-bond donors (Lipinski definition) is 1. The Balaban J connectivity index is 1.88. The first-order valence-corrected chi connectivity index (χ1v) is 8.45. The normalized spacial score (nSPS) is 11.0. The van der Waals surface area contributed by atoms with Crippen molar-refractivity contribution in [2.45, 2.75) is 0 Å². The van der Waals surface area contributed by atoms with Crippen LogP contribution in [0.3, 0.4) is 0 Å². The molecule has 4 rings (SSSR count). The largest absolute Gasteiger partial charge is 0.497 e. The Labute approximate surface area is 160 Å². The number of hydrogen-bond acceptors (Lipinski definition) is 7. The topological polar surface area (TPSA) is 101 Å².